The van der Waals surface area contributed by atoms with Gasteiger partial charge in [-0.3, -0.25) is 0 Å². The predicted octanol–water partition coefficient (Wildman–Crippen LogP) is 3.19. The molecule has 4 fully saturated rings. The fourth-order valence-electron chi connectivity index (χ4n) is 5.50. The Kier molecular flexibility index (Phi) is 1.47. The van der Waals surface area contributed by atoms with Gasteiger partial charge in [0.05, 0.1) is 5.60 Å². The molecule has 1 N–H and O–H groups in total. The third-order valence-electron chi connectivity index (χ3n) is 6.61. The number of aliphatic hydroxyl groups is 1. The first-order chi connectivity index (χ1) is 7.94. The van der Waals surface area contributed by atoms with Crippen LogP contribution >= 0.6 is 0 Å². The zero-order valence-corrected chi connectivity index (χ0v) is 10.8. The summed E-state index contributed by atoms with van der Waals surface area (Å²) in [4.78, 5) is 0. The molecule has 0 aliphatic heterocycles. The van der Waals surface area contributed by atoms with Crippen molar-refractivity contribution in [3.05, 3.63) is 35.9 Å². The first-order valence-electron chi connectivity index (χ1n) is 6.72. The SMILES string of the molecule is CC1(C)[C@H]2C3C[C@]1(C)[C@](O)(c1ccccc1)C32. The Labute approximate surface area is 103 Å². The van der Waals surface area contributed by atoms with Crippen LogP contribution in [0.3, 0.4) is 0 Å². The Hall–Kier alpha value is -0.820. The lowest BCUT2D eigenvalue weighted by molar-refractivity contribution is -0.0882. The Morgan fingerprint density at radius 3 is 2.12 bits per heavy atom. The molecular weight excluding hydrogens is 208 g/mol. The molecule has 1 aromatic carbocycles. The van der Waals surface area contributed by atoms with Gasteiger partial charge in [-0.1, -0.05) is 51.1 Å². The molecular formula is C16H20O. The first kappa shape index (κ1) is 10.1. The van der Waals surface area contributed by atoms with Crippen molar-refractivity contribution in [3.8, 4) is 0 Å². The molecule has 17 heavy (non-hydrogen) atoms. The second kappa shape index (κ2) is 2.47. The zero-order chi connectivity index (χ0) is 12.1. The van der Waals surface area contributed by atoms with Gasteiger partial charge in [-0.2, -0.15) is 0 Å². The van der Waals surface area contributed by atoms with E-state index in [9.17, 15) is 5.11 Å². The smallest absolute Gasteiger partial charge is 0.0988 e. The van der Waals surface area contributed by atoms with Crippen molar-refractivity contribution in [2.75, 3.05) is 0 Å². The third-order valence-corrected chi connectivity index (χ3v) is 6.61. The lowest BCUT2D eigenvalue weighted by Crippen LogP contribution is -2.44. The highest BCUT2D eigenvalue weighted by atomic mass is 16.3. The molecule has 90 valence electrons. The number of benzene rings is 1. The maximum absolute atomic E-state index is 11.4. The van der Waals surface area contributed by atoms with Crippen LogP contribution in [0.2, 0.25) is 0 Å². The highest BCUT2D eigenvalue weighted by Gasteiger charge is 2.87. The monoisotopic (exact) mass is 228 g/mol. The average Bonchev–Trinajstić information content (AvgIpc) is 2.88. The summed E-state index contributed by atoms with van der Waals surface area (Å²) in [6, 6.07) is 10.4. The van der Waals surface area contributed by atoms with E-state index in [4.69, 9.17) is 0 Å². The highest BCUT2D eigenvalue weighted by molar-refractivity contribution is 5.42. The lowest BCUT2D eigenvalue weighted by atomic mass is 9.63. The minimum absolute atomic E-state index is 0.0569. The van der Waals surface area contributed by atoms with Crippen LogP contribution < -0.4 is 0 Å². The van der Waals surface area contributed by atoms with Gasteiger partial charge in [0.25, 0.3) is 0 Å². The summed E-state index contributed by atoms with van der Waals surface area (Å²) in [5, 5.41) is 11.4. The summed E-state index contributed by atoms with van der Waals surface area (Å²) in [6.07, 6.45) is 1.21. The van der Waals surface area contributed by atoms with E-state index in [0.717, 1.165) is 17.4 Å². The molecule has 0 spiro atoms. The molecule has 0 radical (unpaired) electrons. The van der Waals surface area contributed by atoms with Gasteiger partial charge in [0, 0.05) is 5.41 Å². The lowest BCUT2D eigenvalue weighted by Gasteiger charge is -2.44. The summed E-state index contributed by atoms with van der Waals surface area (Å²) < 4.78 is 0. The molecule has 4 bridgehead atoms. The van der Waals surface area contributed by atoms with Crippen LogP contribution in [0.25, 0.3) is 0 Å². The molecule has 2 unspecified atom stereocenters. The summed E-state index contributed by atoms with van der Waals surface area (Å²) in [6.45, 7) is 7.02. The van der Waals surface area contributed by atoms with Crippen molar-refractivity contribution >= 4 is 0 Å². The van der Waals surface area contributed by atoms with E-state index in [-0.39, 0.29) is 10.8 Å². The molecule has 0 heterocycles. The molecule has 4 aliphatic carbocycles. The quantitative estimate of drug-likeness (QED) is 0.782. The molecule has 0 saturated heterocycles. The van der Waals surface area contributed by atoms with Crippen LogP contribution in [0.4, 0.5) is 0 Å². The van der Waals surface area contributed by atoms with E-state index in [0.29, 0.717) is 5.92 Å². The summed E-state index contributed by atoms with van der Waals surface area (Å²) in [5.41, 5.74) is 0.907. The molecule has 1 aromatic rings. The molecule has 1 nitrogen and oxygen atoms in total. The van der Waals surface area contributed by atoms with Crippen molar-refractivity contribution in [2.24, 2.45) is 28.6 Å². The van der Waals surface area contributed by atoms with Gasteiger partial charge >= 0.3 is 0 Å². The number of hydrogen-bond acceptors (Lipinski definition) is 1. The van der Waals surface area contributed by atoms with Gasteiger partial charge in [0.2, 0.25) is 0 Å². The van der Waals surface area contributed by atoms with Crippen molar-refractivity contribution in [1.29, 1.82) is 0 Å². The van der Waals surface area contributed by atoms with E-state index in [1.54, 1.807) is 0 Å². The van der Waals surface area contributed by atoms with Crippen molar-refractivity contribution in [1.82, 2.24) is 0 Å². The van der Waals surface area contributed by atoms with Crippen LogP contribution in [0.1, 0.15) is 32.8 Å². The van der Waals surface area contributed by atoms with Crippen LogP contribution in [0, 0.1) is 28.6 Å². The van der Waals surface area contributed by atoms with Crippen molar-refractivity contribution < 1.29 is 5.11 Å². The Balaban J connectivity index is 1.93. The second-order valence-corrected chi connectivity index (χ2v) is 7.11. The van der Waals surface area contributed by atoms with E-state index >= 15 is 0 Å². The minimum Gasteiger partial charge on any atom is -0.384 e. The normalized spacial score (nSPS) is 52.8. The Bertz CT molecular complexity index is 492. The van der Waals surface area contributed by atoms with E-state index in [2.05, 4.69) is 45.0 Å². The fraction of sp³-hybridized carbons (Fsp3) is 0.625. The largest absolute Gasteiger partial charge is 0.384 e. The zero-order valence-electron chi connectivity index (χ0n) is 10.8. The molecule has 0 amide bonds. The maximum Gasteiger partial charge on any atom is 0.0988 e. The summed E-state index contributed by atoms with van der Waals surface area (Å²) >= 11 is 0. The highest BCUT2D eigenvalue weighted by Crippen LogP contribution is 2.89. The molecule has 5 atom stereocenters. The number of rotatable bonds is 1. The van der Waals surface area contributed by atoms with Gasteiger partial charge in [-0.15, -0.1) is 0 Å². The standard InChI is InChI=1S/C16H20O/c1-14(2)12-11-9-15(14,3)16(17,13(11)12)10-7-5-4-6-8-10/h4-8,11-13,17H,9H2,1-3H3/t11?,12-,13?,15-,16-/m0/s1. The minimum atomic E-state index is -0.576. The van der Waals surface area contributed by atoms with Gasteiger partial charge in [-0.05, 0) is 35.2 Å². The van der Waals surface area contributed by atoms with Gasteiger partial charge in [0.15, 0.2) is 0 Å². The van der Waals surface area contributed by atoms with Crippen LogP contribution in [0.5, 0.6) is 0 Å². The fourth-order valence-corrected chi connectivity index (χ4v) is 5.50. The summed E-state index contributed by atoms with van der Waals surface area (Å²) in [5.74, 6) is 2.04. The van der Waals surface area contributed by atoms with Gasteiger partial charge in [0.1, 0.15) is 0 Å². The van der Waals surface area contributed by atoms with Crippen LogP contribution in [-0.2, 0) is 5.60 Å². The first-order valence-corrected chi connectivity index (χ1v) is 6.72. The van der Waals surface area contributed by atoms with E-state index < -0.39 is 5.60 Å². The van der Waals surface area contributed by atoms with Gasteiger partial charge < -0.3 is 5.11 Å². The molecule has 4 aliphatic rings. The topological polar surface area (TPSA) is 20.2 Å². The number of hydrogen-bond donors (Lipinski definition) is 1. The average molecular weight is 228 g/mol. The third kappa shape index (κ3) is 0.779. The summed E-state index contributed by atoms with van der Waals surface area (Å²) in [7, 11) is 0. The van der Waals surface area contributed by atoms with Crippen LogP contribution in [-0.4, -0.2) is 5.11 Å². The van der Waals surface area contributed by atoms with Crippen molar-refractivity contribution in [3.63, 3.8) is 0 Å². The Morgan fingerprint density at radius 2 is 1.71 bits per heavy atom. The van der Waals surface area contributed by atoms with E-state index in [1.807, 2.05) is 6.07 Å². The molecule has 0 aromatic heterocycles. The maximum atomic E-state index is 11.4. The second-order valence-electron chi connectivity index (χ2n) is 7.11. The molecule has 5 rings (SSSR count). The molecule has 4 saturated carbocycles. The van der Waals surface area contributed by atoms with Crippen molar-refractivity contribution in [2.45, 2.75) is 32.8 Å². The van der Waals surface area contributed by atoms with E-state index in [1.165, 1.54) is 6.42 Å². The Morgan fingerprint density at radius 1 is 1.06 bits per heavy atom. The van der Waals surface area contributed by atoms with Crippen LogP contribution in [0.15, 0.2) is 30.3 Å². The predicted molar refractivity (Wildman–Crippen MR) is 67.3 cm³/mol. The molecule has 1 heteroatoms. The van der Waals surface area contributed by atoms with Gasteiger partial charge in [-0.25, -0.2) is 0 Å².